The van der Waals surface area contributed by atoms with Gasteiger partial charge in [-0.15, -0.1) is 0 Å². The number of hydrogen-bond donors (Lipinski definition) is 2. The van der Waals surface area contributed by atoms with Gasteiger partial charge in [-0.3, -0.25) is 4.79 Å². The minimum Gasteiger partial charge on any atom is -0.391 e. The SMILES string of the molecule is O=C1NCC(O)CC12CN(c1ncc(Cl)s1)C2. The average molecular weight is 274 g/mol. The molecular formula is C10H12ClN3O2S. The predicted molar refractivity (Wildman–Crippen MR) is 65.4 cm³/mol. The second kappa shape index (κ2) is 3.83. The molecule has 2 aliphatic rings. The van der Waals surface area contributed by atoms with E-state index in [1.54, 1.807) is 6.20 Å². The summed E-state index contributed by atoms with van der Waals surface area (Å²) < 4.78 is 0.647. The van der Waals surface area contributed by atoms with Gasteiger partial charge in [-0.2, -0.15) is 0 Å². The number of aliphatic hydroxyl groups is 1. The third-order valence-corrected chi connectivity index (χ3v) is 4.50. The maximum Gasteiger partial charge on any atom is 0.230 e. The number of anilines is 1. The van der Waals surface area contributed by atoms with E-state index in [-0.39, 0.29) is 5.91 Å². The minimum absolute atomic E-state index is 0.0432. The Hall–Kier alpha value is -0.850. The van der Waals surface area contributed by atoms with E-state index < -0.39 is 11.5 Å². The lowest BCUT2D eigenvalue weighted by atomic mass is 9.72. The molecule has 1 spiro atoms. The fourth-order valence-electron chi connectivity index (χ4n) is 2.50. The number of carbonyl (C=O) groups is 1. The number of carbonyl (C=O) groups excluding carboxylic acids is 1. The second-order valence-electron chi connectivity index (χ2n) is 4.65. The average Bonchev–Trinajstić information content (AvgIpc) is 2.65. The summed E-state index contributed by atoms with van der Waals surface area (Å²) in [5.74, 6) is 0.0432. The third kappa shape index (κ3) is 1.80. The number of thiazole rings is 1. The first-order chi connectivity index (χ1) is 8.09. The van der Waals surface area contributed by atoms with Gasteiger partial charge >= 0.3 is 0 Å². The lowest BCUT2D eigenvalue weighted by Crippen LogP contribution is -2.67. The van der Waals surface area contributed by atoms with Crippen LogP contribution in [-0.2, 0) is 4.79 Å². The highest BCUT2D eigenvalue weighted by Gasteiger charge is 2.52. The van der Waals surface area contributed by atoms with Crippen LogP contribution in [0.3, 0.4) is 0 Å². The van der Waals surface area contributed by atoms with Gasteiger partial charge in [0.25, 0.3) is 0 Å². The van der Waals surface area contributed by atoms with Crippen molar-refractivity contribution in [1.29, 1.82) is 0 Å². The molecule has 1 aromatic heterocycles. The standard InChI is InChI=1S/C10H12ClN3O2S/c11-7-3-13-9(17-7)14-4-10(5-14)1-6(15)2-12-8(10)16/h3,6,15H,1-2,4-5H2,(H,12,16). The van der Waals surface area contributed by atoms with Crippen LogP contribution >= 0.6 is 22.9 Å². The molecule has 3 rings (SSSR count). The zero-order valence-corrected chi connectivity index (χ0v) is 10.6. The molecule has 17 heavy (non-hydrogen) atoms. The number of halogens is 1. The van der Waals surface area contributed by atoms with Crippen LogP contribution in [-0.4, -0.2) is 41.7 Å². The van der Waals surface area contributed by atoms with Gasteiger partial charge in [0.1, 0.15) is 4.34 Å². The number of aromatic nitrogens is 1. The van der Waals surface area contributed by atoms with Gasteiger partial charge in [0.05, 0.1) is 17.7 Å². The van der Waals surface area contributed by atoms with Gasteiger partial charge in [-0.05, 0) is 6.42 Å². The lowest BCUT2D eigenvalue weighted by molar-refractivity contribution is -0.139. The summed E-state index contributed by atoms with van der Waals surface area (Å²) in [5, 5.41) is 13.2. The van der Waals surface area contributed by atoms with E-state index in [1.165, 1.54) is 11.3 Å². The molecule has 1 amide bonds. The third-order valence-electron chi connectivity index (χ3n) is 3.33. The lowest BCUT2D eigenvalue weighted by Gasteiger charge is -2.51. The Morgan fingerprint density at radius 1 is 1.65 bits per heavy atom. The van der Waals surface area contributed by atoms with Crippen molar-refractivity contribution in [3.8, 4) is 0 Å². The van der Waals surface area contributed by atoms with Crippen LogP contribution in [0.1, 0.15) is 6.42 Å². The number of rotatable bonds is 1. The van der Waals surface area contributed by atoms with Crippen molar-refractivity contribution in [2.24, 2.45) is 5.41 Å². The number of β-amino-alcohol motifs (C(OH)–C–C–N with tert-alkyl or cyclic N) is 1. The van der Waals surface area contributed by atoms with E-state index in [9.17, 15) is 9.90 Å². The number of piperidine rings is 1. The van der Waals surface area contributed by atoms with Gasteiger partial charge in [-0.25, -0.2) is 4.98 Å². The molecule has 2 saturated heterocycles. The van der Waals surface area contributed by atoms with Gasteiger partial charge in [0, 0.05) is 19.6 Å². The second-order valence-corrected chi connectivity index (χ2v) is 6.29. The summed E-state index contributed by atoms with van der Waals surface area (Å²) in [6.45, 7) is 1.59. The van der Waals surface area contributed by atoms with Gasteiger partial charge in [0.2, 0.25) is 5.91 Å². The molecule has 1 unspecified atom stereocenters. The zero-order valence-electron chi connectivity index (χ0n) is 9.02. The summed E-state index contributed by atoms with van der Waals surface area (Å²) in [4.78, 5) is 18.0. The van der Waals surface area contributed by atoms with Gasteiger partial charge in [-0.1, -0.05) is 22.9 Å². The Labute approximate surface area is 107 Å². The quantitative estimate of drug-likeness (QED) is 0.781. The van der Waals surface area contributed by atoms with Crippen molar-refractivity contribution in [2.45, 2.75) is 12.5 Å². The first kappa shape index (κ1) is 11.3. The minimum atomic E-state index is -0.435. The van der Waals surface area contributed by atoms with Crippen LogP contribution in [0.4, 0.5) is 5.13 Å². The van der Waals surface area contributed by atoms with Crippen LogP contribution in [0.15, 0.2) is 6.20 Å². The van der Waals surface area contributed by atoms with Crippen molar-refractivity contribution in [1.82, 2.24) is 10.3 Å². The molecule has 0 aromatic carbocycles. The summed E-state index contributed by atoms with van der Waals surface area (Å²) >= 11 is 7.23. The predicted octanol–water partition coefficient (Wildman–Crippen LogP) is 0.484. The van der Waals surface area contributed by atoms with Crippen molar-refractivity contribution >= 4 is 34.0 Å². The van der Waals surface area contributed by atoms with Crippen molar-refractivity contribution < 1.29 is 9.90 Å². The van der Waals surface area contributed by atoms with Crippen molar-refractivity contribution in [3.05, 3.63) is 10.5 Å². The normalized spacial score (nSPS) is 26.8. The van der Waals surface area contributed by atoms with E-state index >= 15 is 0 Å². The number of aliphatic hydroxyl groups excluding tert-OH is 1. The highest BCUT2D eigenvalue weighted by Crippen LogP contribution is 2.41. The summed E-state index contributed by atoms with van der Waals surface area (Å²) in [7, 11) is 0. The topological polar surface area (TPSA) is 65.5 Å². The Bertz CT molecular complexity index is 458. The molecule has 0 bridgehead atoms. The summed E-state index contributed by atoms with van der Waals surface area (Å²) in [6, 6.07) is 0. The first-order valence-electron chi connectivity index (χ1n) is 5.42. The number of hydrogen-bond acceptors (Lipinski definition) is 5. The Kier molecular flexibility index (Phi) is 2.53. The first-order valence-corrected chi connectivity index (χ1v) is 6.61. The maximum atomic E-state index is 11.8. The van der Waals surface area contributed by atoms with Crippen molar-refractivity contribution in [2.75, 3.05) is 24.5 Å². The van der Waals surface area contributed by atoms with Crippen LogP contribution in [0.25, 0.3) is 0 Å². The molecule has 1 aromatic rings. The van der Waals surface area contributed by atoms with Crippen LogP contribution in [0, 0.1) is 5.41 Å². The molecule has 0 saturated carbocycles. The molecule has 2 fully saturated rings. The van der Waals surface area contributed by atoms with Crippen LogP contribution < -0.4 is 10.2 Å². The fraction of sp³-hybridized carbons (Fsp3) is 0.600. The molecule has 1 atom stereocenters. The van der Waals surface area contributed by atoms with E-state index in [0.29, 0.717) is 30.4 Å². The zero-order chi connectivity index (χ0) is 12.0. The van der Waals surface area contributed by atoms with E-state index in [0.717, 1.165) is 5.13 Å². The molecule has 3 heterocycles. The molecule has 5 nitrogen and oxygen atoms in total. The number of nitrogens with zero attached hydrogens (tertiary/aromatic N) is 2. The summed E-state index contributed by atoms with van der Waals surface area (Å²) in [6.07, 6.45) is 1.71. The molecule has 0 radical (unpaired) electrons. The largest absolute Gasteiger partial charge is 0.391 e. The monoisotopic (exact) mass is 273 g/mol. The van der Waals surface area contributed by atoms with Crippen molar-refractivity contribution in [3.63, 3.8) is 0 Å². The fourth-order valence-corrected chi connectivity index (χ4v) is 3.40. The maximum absolute atomic E-state index is 11.8. The smallest absolute Gasteiger partial charge is 0.230 e. The molecule has 92 valence electrons. The Balaban J connectivity index is 1.72. The molecule has 7 heteroatoms. The van der Waals surface area contributed by atoms with E-state index in [2.05, 4.69) is 10.3 Å². The van der Waals surface area contributed by atoms with Gasteiger partial charge in [0.15, 0.2) is 5.13 Å². The van der Waals surface area contributed by atoms with E-state index in [4.69, 9.17) is 11.6 Å². The van der Waals surface area contributed by atoms with Gasteiger partial charge < -0.3 is 15.3 Å². The highest BCUT2D eigenvalue weighted by molar-refractivity contribution is 7.19. The Morgan fingerprint density at radius 2 is 2.41 bits per heavy atom. The van der Waals surface area contributed by atoms with Crippen LogP contribution in [0.2, 0.25) is 4.34 Å². The number of nitrogens with one attached hydrogen (secondary N) is 1. The number of amides is 1. The highest BCUT2D eigenvalue weighted by atomic mass is 35.5. The van der Waals surface area contributed by atoms with Crippen LogP contribution in [0.5, 0.6) is 0 Å². The molecule has 2 aliphatic heterocycles. The van der Waals surface area contributed by atoms with E-state index in [1.807, 2.05) is 4.90 Å². The Morgan fingerprint density at radius 3 is 3.06 bits per heavy atom. The molecule has 2 N–H and O–H groups in total. The summed E-state index contributed by atoms with van der Waals surface area (Å²) in [5.41, 5.74) is -0.435. The molecule has 0 aliphatic carbocycles. The molecular weight excluding hydrogens is 262 g/mol.